The first kappa shape index (κ1) is 10.4. The summed E-state index contributed by atoms with van der Waals surface area (Å²) < 4.78 is 11.3. The lowest BCUT2D eigenvalue weighted by Gasteiger charge is -2.37. The van der Waals surface area contributed by atoms with E-state index in [4.69, 9.17) is 21.1 Å². The maximum atomic E-state index is 10.1. The van der Waals surface area contributed by atoms with Crippen molar-refractivity contribution in [2.24, 2.45) is 0 Å². The largest absolute Gasteiger partial charge is 0.484 e. The van der Waals surface area contributed by atoms with Gasteiger partial charge >= 0.3 is 0 Å². The van der Waals surface area contributed by atoms with Crippen molar-refractivity contribution in [1.29, 1.82) is 0 Å². The summed E-state index contributed by atoms with van der Waals surface area (Å²) in [6, 6.07) is 5.37. The van der Waals surface area contributed by atoms with Gasteiger partial charge in [0.1, 0.15) is 11.4 Å². The van der Waals surface area contributed by atoms with Gasteiger partial charge in [0, 0.05) is 23.4 Å². The van der Waals surface area contributed by atoms with E-state index in [1.54, 1.807) is 12.1 Å². The van der Waals surface area contributed by atoms with Crippen LogP contribution in [0.15, 0.2) is 18.2 Å². The first-order chi connectivity index (χ1) is 7.69. The molecule has 0 aromatic heterocycles. The molecule has 1 fully saturated rings. The number of rotatable bonds is 0. The first-order valence-electron chi connectivity index (χ1n) is 5.43. The lowest BCUT2D eigenvalue weighted by Crippen LogP contribution is -2.41. The van der Waals surface area contributed by atoms with Crippen LogP contribution in [0.4, 0.5) is 0 Å². The second-order valence-corrected chi connectivity index (χ2v) is 4.93. The molecule has 2 heterocycles. The fourth-order valence-electron chi connectivity index (χ4n) is 2.44. The molecule has 1 spiro atoms. The van der Waals surface area contributed by atoms with Gasteiger partial charge in [0.2, 0.25) is 0 Å². The van der Waals surface area contributed by atoms with Crippen LogP contribution in [0.5, 0.6) is 5.75 Å². The topological polar surface area (TPSA) is 38.7 Å². The third-order valence-corrected chi connectivity index (χ3v) is 3.52. The molecule has 2 atom stereocenters. The fourth-order valence-corrected chi connectivity index (χ4v) is 2.62. The minimum absolute atomic E-state index is 0.333. The monoisotopic (exact) mass is 240 g/mol. The third-order valence-electron chi connectivity index (χ3n) is 3.29. The zero-order valence-electron chi connectivity index (χ0n) is 8.78. The number of halogens is 1. The number of hydrogen-bond donors (Lipinski definition) is 1. The molecule has 0 amide bonds. The SMILES string of the molecule is O[C@@H]1CC2(CCOC2)Oc2ccc(Cl)cc21. The number of benzene rings is 1. The number of fused-ring (bicyclic) bond motifs is 1. The van der Waals surface area contributed by atoms with E-state index in [1.165, 1.54) is 0 Å². The van der Waals surface area contributed by atoms with Crippen molar-refractivity contribution in [2.75, 3.05) is 13.2 Å². The number of ether oxygens (including phenoxy) is 2. The Labute approximate surface area is 98.9 Å². The van der Waals surface area contributed by atoms with Gasteiger partial charge in [0.05, 0.1) is 19.3 Å². The lowest BCUT2D eigenvalue weighted by atomic mass is 9.88. The highest BCUT2D eigenvalue weighted by molar-refractivity contribution is 6.30. The van der Waals surface area contributed by atoms with Gasteiger partial charge in [-0.3, -0.25) is 0 Å². The summed E-state index contributed by atoms with van der Waals surface area (Å²) in [6.45, 7) is 1.27. The molecule has 3 nitrogen and oxygen atoms in total. The molecule has 1 aromatic carbocycles. The van der Waals surface area contributed by atoms with Crippen molar-refractivity contribution in [1.82, 2.24) is 0 Å². The van der Waals surface area contributed by atoms with Gasteiger partial charge in [-0.2, -0.15) is 0 Å². The molecule has 1 saturated heterocycles. The lowest BCUT2D eigenvalue weighted by molar-refractivity contribution is -0.0194. The van der Waals surface area contributed by atoms with E-state index < -0.39 is 6.10 Å². The quantitative estimate of drug-likeness (QED) is 0.756. The van der Waals surface area contributed by atoms with E-state index in [0.717, 1.165) is 17.7 Å². The van der Waals surface area contributed by atoms with E-state index >= 15 is 0 Å². The van der Waals surface area contributed by atoms with E-state index in [-0.39, 0.29) is 5.60 Å². The second-order valence-electron chi connectivity index (χ2n) is 4.49. The summed E-state index contributed by atoms with van der Waals surface area (Å²) in [4.78, 5) is 0. The minimum Gasteiger partial charge on any atom is -0.484 e. The molecule has 1 N–H and O–H groups in total. The Kier molecular flexibility index (Phi) is 2.35. The van der Waals surface area contributed by atoms with E-state index in [9.17, 15) is 5.11 Å². The third kappa shape index (κ3) is 1.59. The highest BCUT2D eigenvalue weighted by atomic mass is 35.5. The molecule has 1 unspecified atom stereocenters. The van der Waals surface area contributed by atoms with Gasteiger partial charge < -0.3 is 14.6 Å². The Morgan fingerprint density at radius 2 is 2.31 bits per heavy atom. The summed E-state index contributed by atoms with van der Waals surface area (Å²) in [5.41, 5.74) is 0.449. The highest BCUT2D eigenvalue weighted by Gasteiger charge is 2.43. The Morgan fingerprint density at radius 1 is 1.44 bits per heavy atom. The van der Waals surface area contributed by atoms with Gasteiger partial charge in [-0.25, -0.2) is 0 Å². The predicted molar refractivity (Wildman–Crippen MR) is 59.8 cm³/mol. The Morgan fingerprint density at radius 3 is 3.06 bits per heavy atom. The normalized spacial score (nSPS) is 32.5. The van der Waals surface area contributed by atoms with Crippen molar-refractivity contribution < 1.29 is 14.6 Å². The maximum Gasteiger partial charge on any atom is 0.137 e. The average Bonchev–Trinajstić information content (AvgIpc) is 2.68. The predicted octanol–water partition coefficient (Wildman–Crippen LogP) is 2.32. The van der Waals surface area contributed by atoms with E-state index in [2.05, 4.69) is 0 Å². The van der Waals surface area contributed by atoms with Gasteiger partial charge in [0.15, 0.2) is 0 Å². The van der Waals surface area contributed by atoms with E-state index in [1.807, 2.05) is 6.07 Å². The molecule has 0 saturated carbocycles. The van der Waals surface area contributed by atoms with Crippen LogP contribution in [-0.2, 0) is 4.74 Å². The molecular formula is C12H13ClO3. The molecule has 4 heteroatoms. The zero-order valence-corrected chi connectivity index (χ0v) is 9.54. The van der Waals surface area contributed by atoms with Crippen LogP contribution in [-0.4, -0.2) is 23.9 Å². The molecule has 0 bridgehead atoms. The Bertz CT molecular complexity index is 413. The maximum absolute atomic E-state index is 10.1. The first-order valence-corrected chi connectivity index (χ1v) is 5.81. The summed E-state index contributed by atoms with van der Waals surface area (Å²) in [5, 5.41) is 10.7. The standard InChI is InChI=1S/C12H13ClO3/c13-8-1-2-11-9(5-8)10(14)6-12(16-11)3-4-15-7-12/h1-2,5,10,14H,3-4,6-7H2/t10-,12?/m1/s1. The molecule has 86 valence electrons. The average molecular weight is 241 g/mol. The van der Waals surface area contributed by atoms with Crippen LogP contribution in [0.1, 0.15) is 24.5 Å². The fraction of sp³-hybridized carbons (Fsp3) is 0.500. The van der Waals surface area contributed by atoms with Crippen LogP contribution >= 0.6 is 11.6 Å². The molecule has 3 rings (SSSR count). The van der Waals surface area contributed by atoms with Gasteiger partial charge in [0.25, 0.3) is 0 Å². The summed E-state index contributed by atoms with van der Waals surface area (Å²) in [5.74, 6) is 0.730. The smallest absolute Gasteiger partial charge is 0.137 e. The van der Waals surface area contributed by atoms with E-state index in [0.29, 0.717) is 24.7 Å². The Balaban J connectivity index is 1.99. The number of hydrogen-bond acceptors (Lipinski definition) is 3. The van der Waals surface area contributed by atoms with Gasteiger partial charge in [-0.05, 0) is 18.2 Å². The van der Waals surface area contributed by atoms with Crippen molar-refractivity contribution in [2.45, 2.75) is 24.5 Å². The van der Waals surface area contributed by atoms with Crippen LogP contribution in [0.2, 0.25) is 5.02 Å². The van der Waals surface area contributed by atoms with Crippen molar-refractivity contribution >= 4 is 11.6 Å². The highest BCUT2D eigenvalue weighted by Crippen LogP contribution is 2.43. The van der Waals surface area contributed by atoms with Gasteiger partial charge in [-0.15, -0.1) is 0 Å². The zero-order chi connectivity index (χ0) is 11.2. The molecule has 16 heavy (non-hydrogen) atoms. The van der Waals surface area contributed by atoms with Crippen LogP contribution in [0.3, 0.4) is 0 Å². The molecular weight excluding hydrogens is 228 g/mol. The molecule has 0 radical (unpaired) electrons. The summed E-state index contributed by atoms with van der Waals surface area (Å²) >= 11 is 5.90. The minimum atomic E-state index is -0.510. The van der Waals surface area contributed by atoms with Crippen molar-refractivity contribution in [3.63, 3.8) is 0 Å². The molecule has 2 aliphatic rings. The summed E-state index contributed by atoms with van der Waals surface area (Å²) in [6.07, 6.45) is 0.913. The van der Waals surface area contributed by atoms with Crippen LogP contribution in [0, 0.1) is 0 Å². The van der Waals surface area contributed by atoms with Crippen molar-refractivity contribution in [3.05, 3.63) is 28.8 Å². The number of aliphatic hydroxyl groups excluding tert-OH is 1. The molecule has 0 aliphatic carbocycles. The Hall–Kier alpha value is -0.770. The van der Waals surface area contributed by atoms with Crippen LogP contribution in [0.25, 0.3) is 0 Å². The second kappa shape index (κ2) is 3.62. The van der Waals surface area contributed by atoms with Crippen molar-refractivity contribution in [3.8, 4) is 5.75 Å². The van der Waals surface area contributed by atoms with Gasteiger partial charge in [-0.1, -0.05) is 11.6 Å². The molecule has 2 aliphatic heterocycles. The molecule has 1 aromatic rings. The summed E-state index contributed by atoms with van der Waals surface area (Å²) in [7, 11) is 0. The van der Waals surface area contributed by atoms with Crippen LogP contribution < -0.4 is 4.74 Å². The number of aliphatic hydroxyl groups is 1.